The van der Waals surface area contributed by atoms with Crippen LogP contribution < -0.4 is 0 Å². The molecule has 4 heterocycles. The zero-order valence-electron chi connectivity index (χ0n) is 40.2. The van der Waals surface area contributed by atoms with Crippen molar-refractivity contribution in [3.63, 3.8) is 0 Å². The first-order chi connectivity index (χ1) is 27.1. The molecule has 3 aromatic heterocycles. The Labute approximate surface area is 376 Å². The molecule has 2 aromatic carbocycles. The summed E-state index contributed by atoms with van der Waals surface area (Å²) in [6.45, 7) is 40.3. The van der Waals surface area contributed by atoms with Gasteiger partial charge in [0.1, 0.15) is 6.33 Å². The fourth-order valence-electron chi connectivity index (χ4n) is 5.03. The molecule has 0 amide bonds. The van der Waals surface area contributed by atoms with Gasteiger partial charge in [-0.15, -0.1) is 0 Å². The van der Waals surface area contributed by atoms with Crippen molar-refractivity contribution in [2.24, 2.45) is 10.4 Å². The van der Waals surface area contributed by atoms with Crippen molar-refractivity contribution >= 4 is 6.21 Å². The molecular formula is C56H87N5. The molecule has 0 fully saturated rings. The fraction of sp³-hybridized carbons (Fsp3) is 0.482. The van der Waals surface area contributed by atoms with Gasteiger partial charge in [-0.25, -0.2) is 9.97 Å². The Balaban J connectivity index is 0. The summed E-state index contributed by atoms with van der Waals surface area (Å²) in [7, 11) is 0. The van der Waals surface area contributed by atoms with Gasteiger partial charge < -0.3 is 0 Å². The van der Waals surface area contributed by atoms with Crippen LogP contribution in [0.1, 0.15) is 167 Å². The summed E-state index contributed by atoms with van der Waals surface area (Å²) in [5.41, 5.74) is 9.23. The minimum Gasteiger partial charge on any atom is -0.289 e. The first-order valence-corrected chi connectivity index (χ1v) is 21.0. The van der Waals surface area contributed by atoms with Gasteiger partial charge in [0.05, 0.1) is 6.54 Å². The van der Waals surface area contributed by atoms with Crippen LogP contribution in [0.25, 0.3) is 0 Å². The highest BCUT2D eigenvalue weighted by Gasteiger charge is 2.17. The van der Waals surface area contributed by atoms with Gasteiger partial charge in [0.2, 0.25) is 0 Å². The lowest BCUT2D eigenvalue weighted by Crippen LogP contribution is -2.12. The zero-order valence-corrected chi connectivity index (χ0v) is 40.2. The van der Waals surface area contributed by atoms with Gasteiger partial charge in [0.25, 0.3) is 0 Å². The number of hydrogen-bond acceptors (Lipinski definition) is 5. The van der Waals surface area contributed by atoms with Gasteiger partial charge in [-0.3, -0.25) is 15.0 Å². The number of aromatic nitrogens is 4. The van der Waals surface area contributed by atoms with E-state index < -0.39 is 0 Å². The van der Waals surface area contributed by atoms with E-state index in [1.54, 1.807) is 12.5 Å². The quantitative estimate of drug-likeness (QED) is 0.156. The van der Waals surface area contributed by atoms with Crippen LogP contribution >= 0.6 is 0 Å². The van der Waals surface area contributed by atoms with Crippen molar-refractivity contribution in [2.45, 2.75) is 167 Å². The molecule has 6 rings (SSSR count). The van der Waals surface area contributed by atoms with Crippen LogP contribution in [-0.2, 0) is 27.1 Å². The van der Waals surface area contributed by atoms with Gasteiger partial charge in [0.15, 0.2) is 0 Å². The third-order valence-corrected chi connectivity index (χ3v) is 9.18. The van der Waals surface area contributed by atoms with Crippen molar-refractivity contribution in [2.75, 3.05) is 6.54 Å². The van der Waals surface area contributed by atoms with E-state index in [0.29, 0.717) is 16.2 Å². The molecule has 5 nitrogen and oxygen atoms in total. The highest BCUT2D eigenvalue weighted by molar-refractivity contribution is 5.82. The van der Waals surface area contributed by atoms with E-state index in [1.807, 2.05) is 49.2 Å². The second-order valence-electron chi connectivity index (χ2n) is 21.0. The van der Waals surface area contributed by atoms with Crippen molar-refractivity contribution in [1.82, 2.24) is 19.9 Å². The Morgan fingerprint density at radius 2 is 0.787 bits per heavy atom. The van der Waals surface area contributed by atoms with Gasteiger partial charge in [0, 0.05) is 48.3 Å². The summed E-state index contributed by atoms with van der Waals surface area (Å²) in [6, 6.07) is 31.2. The summed E-state index contributed by atoms with van der Waals surface area (Å²) in [4.78, 5) is 20.3. The highest BCUT2D eigenvalue weighted by atomic mass is 14.8. The van der Waals surface area contributed by atoms with Gasteiger partial charge in [-0.2, -0.15) is 0 Å². The minimum absolute atomic E-state index is 0. The van der Waals surface area contributed by atoms with Crippen LogP contribution in [0, 0.1) is 5.41 Å². The number of nitrogens with zero attached hydrogens (tertiary/aromatic N) is 5. The Bertz CT molecular complexity index is 1590. The Kier molecular flexibility index (Phi) is 25.4. The summed E-state index contributed by atoms with van der Waals surface area (Å²) < 4.78 is 0. The van der Waals surface area contributed by atoms with Crippen LogP contribution in [0.5, 0.6) is 0 Å². The van der Waals surface area contributed by atoms with E-state index in [9.17, 15) is 0 Å². The molecule has 0 aliphatic carbocycles. The zero-order chi connectivity index (χ0) is 45.0. The number of hydrogen-bond donors (Lipinski definition) is 0. The molecule has 0 N–H and O–H groups in total. The van der Waals surface area contributed by atoms with Gasteiger partial charge in [-0.1, -0.05) is 218 Å². The lowest BCUT2D eigenvalue weighted by molar-refractivity contribution is 0.527. The molecule has 0 saturated carbocycles. The van der Waals surface area contributed by atoms with E-state index in [-0.39, 0.29) is 31.1 Å². The van der Waals surface area contributed by atoms with E-state index in [1.165, 1.54) is 27.8 Å². The predicted octanol–water partition coefficient (Wildman–Crippen LogP) is 15.8. The van der Waals surface area contributed by atoms with E-state index in [0.717, 1.165) is 12.2 Å². The van der Waals surface area contributed by atoms with Crippen LogP contribution in [0.15, 0.2) is 145 Å². The van der Waals surface area contributed by atoms with E-state index in [2.05, 4.69) is 228 Å². The molecule has 61 heavy (non-hydrogen) atoms. The molecule has 0 bridgehead atoms. The first kappa shape index (κ1) is 58.3. The molecule has 0 unspecified atom stereocenters. The Morgan fingerprint density at radius 3 is 1.02 bits per heavy atom. The van der Waals surface area contributed by atoms with Crippen LogP contribution in [-0.4, -0.2) is 32.7 Å². The summed E-state index contributed by atoms with van der Waals surface area (Å²) in [5.74, 6) is 0. The summed E-state index contributed by atoms with van der Waals surface area (Å²) in [5, 5.41) is 0. The first-order valence-electron chi connectivity index (χ1n) is 21.0. The standard InChI is InChI=1S/2C10H14.2C9H13N.C8H12N2.C8H13N.2CH4/c2*1-10(2,3)9-7-5-4-6-8-9;1-9(2,3)8-5-4-6-10-7-8;1-9(2,3)8-6-4-5-7-10-8;1-8(2,3)7-4-9-6-10-5-7;1-8(2,3)7-4-5-9-6-7;;/h2*4-8H,1-3H3;2*4-7H,1-3H3;4-6H,1-3H3;4,6H,5H2,1-3H3;2*1H4. The van der Waals surface area contributed by atoms with Crippen LogP contribution in [0.3, 0.4) is 0 Å². The molecule has 1 aliphatic heterocycles. The summed E-state index contributed by atoms with van der Waals surface area (Å²) in [6.07, 6.45) is 15.0. The second-order valence-corrected chi connectivity index (χ2v) is 21.0. The number of pyridine rings is 2. The maximum Gasteiger partial charge on any atom is 0.115 e. The number of rotatable bonds is 0. The lowest BCUT2D eigenvalue weighted by Gasteiger charge is -2.18. The second kappa shape index (κ2) is 26.5. The number of benzene rings is 2. The molecule has 0 saturated heterocycles. The Hall–Kier alpha value is -4.77. The molecule has 336 valence electrons. The Morgan fingerprint density at radius 1 is 0.377 bits per heavy atom. The van der Waals surface area contributed by atoms with Gasteiger partial charge >= 0.3 is 0 Å². The molecule has 0 radical (unpaired) electrons. The molecule has 0 atom stereocenters. The lowest BCUT2D eigenvalue weighted by atomic mass is 9.87. The van der Waals surface area contributed by atoms with Crippen molar-refractivity contribution in [3.05, 3.63) is 168 Å². The maximum atomic E-state index is 4.25. The normalized spacial score (nSPS) is 12.1. The summed E-state index contributed by atoms with van der Waals surface area (Å²) >= 11 is 0. The topological polar surface area (TPSA) is 63.9 Å². The smallest absolute Gasteiger partial charge is 0.115 e. The molecule has 1 aliphatic rings. The molecule has 5 aromatic rings. The third kappa shape index (κ3) is 25.6. The largest absolute Gasteiger partial charge is 0.289 e. The molecular weight excluding hydrogens is 743 g/mol. The van der Waals surface area contributed by atoms with Gasteiger partial charge in [-0.05, 0) is 73.1 Å². The third-order valence-electron chi connectivity index (χ3n) is 9.18. The number of aliphatic imine (C=N–C) groups is 1. The van der Waals surface area contributed by atoms with Crippen molar-refractivity contribution in [3.8, 4) is 0 Å². The molecule has 5 heteroatoms. The minimum atomic E-state index is 0. The molecule has 0 spiro atoms. The van der Waals surface area contributed by atoms with Crippen LogP contribution in [0.4, 0.5) is 0 Å². The van der Waals surface area contributed by atoms with E-state index in [4.69, 9.17) is 0 Å². The predicted molar refractivity (Wildman–Crippen MR) is 271 cm³/mol. The fourth-order valence-corrected chi connectivity index (χ4v) is 5.03. The monoisotopic (exact) mass is 830 g/mol. The van der Waals surface area contributed by atoms with E-state index >= 15 is 0 Å². The van der Waals surface area contributed by atoms with Crippen molar-refractivity contribution in [1.29, 1.82) is 0 Å². The highest BCUT2D eigenvalue weighted by Crippen LogP contribution is 2.25. The number of allylic oxidation sites excluding steroid dienone is 1. The average molecular weight is 830 g/mol. The SMILES string of the molecule is C.C.CC(C)(C)C1=CCN=C1.CC(C)(C)c1ccccc1.CC(C)(C)c1ccccc1.CC(C)(C)c1ccccn1.CC(C)(C)c1cccnc1.CC(C)(C)c1cncnc1. The average Bonchev–Trinajstić information content (AvgIpc) is 3.73. The maximum absolute atomic E-state index is 4.25. The van der Waals surface area contributed by atoms with Crippen LogP contribution in [0.2, 0.25) is 0 Å². The van der Waals surface area contributed by atoms with Crippen molar-refractivity contribution < 1.29 is 0 Å².